The fourth-order valence-corrected chi connectivity index (χ4v) is 2.20. The predicted molar refractivity (Wildman–Crippen MR) is 64.7 cm³/mol. The number of hydrogen-bond acceptors (Lipinski definition) is 4. The summed E-state index contributed by atoms with van der Waals surface area (Å²) in [4.78, 5) is 9.08. The van der Waals surface area contributed by atoms with Gasteiger partial charge in [0.2, 0.25) is 0 Å². The summed E-state index contributed by atoms with van der Waals surface area (Å²) in [6.45, 7) is 2.57. The average molecular weight is 233 g/mol. The van der Waals surface area contributed by atoms with Crippen molar-refractivity contribution in [3.05, 3.63) is 23.8 Å². The molecule has 1 aromatic rings. The molecule has 1 aliphatic heterocycles. The van der Waals surface area contributed by atoms with Gasteiger partial charge in [-0.1, -0.05) is 0 Å². The Kier molecular flexibility index (Phi) is 3.34. The maximum Gasteiger partial charge on any atom is 0.131 e. The maximum absolute atomic E-state index is 5.37. The van der Waals surface area contributed by atoms with E-state index < -0.39 is 0 Å². The molecule has 0 bridgehead atoms. The van der Waals surface area contributed by atoms with Crippen LogP contribution in [-0.2, 0) is 11.3 Å². The van der Waals surface area contributed by atoms with E-state index in [0.29, 0.717) is 5.92 Å². The summed E-state index contributed by atoms with van der Waals surface area (Å²) in [5, 5.41) is 3.49. The van der Waals surface area contributed by atoms with Crippen LogP contribution in [0.5, 0.6) is 0 Å². The van der Waals surface area contributed by atoms with Gasteiger partial charge in [-0.15, -0.1) is 0 Å². The van der Waals surface area contributed by atoms with Crippen molar-refractivity contribution in [3.63, 3.8) is 0 Å². The molecule has 0 spiro atoms. The second-order valence-corrected chi connectivity index (χ2v) is 4.95. The van der Waals surface area contributed by atoms with Gasteiger partial charge in [0.05, 0.1) is 5.69 Å². The summed E-state index contributed by atoms with van der Waals surface area (Å²) >= 11 is 0. The lowest BCUT2D eigenvalue weighted by Crippen LogP contribution is -2.19. The Hall–Kier alpha value is -1.00. The molecule has 92 valence electrons. The third-order valence-corrected chi connectivity index (χ3v) is 3.47. The molecular formula is C13H19N3O. The Bertz CT molecular complexity index is 373. The molecule has 0 amide bonds. The van der Waals surface area contributed by atoms with E-state index in [2.05, 4.69) is 15.3 Å². The van der Waals surface area contributed by atoms with Crippen molar-refractivity contribution in [2.24, 2.45) is 0 Å². The van der Waals surface area contributed by atoms with Gasteiger partial charge < -0.3 is 10.1 Å². The SMILES string of the molecule is c1cc(CNC2CC2)nc(C2CCOCC2)n1. The van der Waals surface area contributed by atoms with Crippen LogP contribution in [0.4, 0.5) is 0 Å². The molecule has 0 radical (unpaired) electrons. The Morgan fingerprint density at radius 3 is 2.82 bits per heavy atom. The van der Waals surface area contributed by atoms with Crippen LogP contribution in [0.1, 0.15) is 43.1 Å². The first kappa shape index (κ1) is 11.1. The van der Waals surface area contributed by atoms with Crippen LogP contribution in [-0.4, -0.2) is 29.2 Å². The van der Waals surface area contributed by atoms with Crippen molar-refractivity contribution in [2.75, 3.05) is 13.2 Å². The molecule has 2 fully saturated rings. The van der Waals surface area contributed by atoms with E-state index in [1.165, 1.54) is 12.8 Å². The standard InChI is InChI=1S/C13H19N3O/c1-2-11(1)15-9-12-3-6-14-13(16-12)10-4-7-17-8-5-10/h3,6,10-11,15H,1-2,4-5,7-9H2. The lowest BCUT2D eigenvalue weighted by molar-refractivity contribution is 0.0835. The van der Waals surface area contributed by atoms with Gasteiger partial charge in [0.15, 0.2) is 0 Å². The molecule has 1 saturated heterocycles. The van der Waals surface area contributed by atoms with Crippen LogP contribution in [0.25, 0.3) is 0 Å². The zero-order chi connectivity index (χ0) is 11.5. The van der Waals surface area contributed by atoms with Gasteiger partial charge in [0.1, 0.15) is 5.82 Å². The molecule has 4 nitrogen and oxygen atoms in total. The molecule has 2 aliphatic rings. The highest BCUT2D eigenvalue weighted by Gasteiger charge is 2.21. The molecule has 0 unspecified atom stereocenters. The largest absolute Gasteiger partial charge is 0.381 e. The zero-order valence-electron chi connectivity index (χ0n) is 10.1. The van der Waals surface area contributed by atoms with E-state index in [0.717, 1.165) is 50.2 Å². The topological polar surface area (TPSA) is 47.0 Å². The van der Waals surface area contributed by atoms with Gasteiger partial charge >= 0.3 is 0 Å². The Morgan fingerprint density at radius 1 is 1.24 bits per heavy atom. The van der Waals surface area contributed by atoms with Crippen molar-refractivity contribution in [1.82, 2.24) is 15.3 Å². The first-order chi connectivity index (χ1) is 8.42. The number of nitrogens with one attached hydrogen (secondary N) is 1. The molecule has 17 heavy (non-hydrogen) atoms. The summed E-state index contributed by atoms with van der Waals surface area (Å²) in [5.41, 5.74) is 1.12. The van der Waals surface area contributed by atoms with Crippen LogP contribution in [0.15, 0.2) is 12.3 Å². The van der Waals surface area contributed by atoms with E-state index >= 15 is 0 Å². The molecule has 0 aromatic carbocycles. The first-order valence-electron chi connectivity index (χ1n) is 6.55. The quantitative estimate of drug-likeness (QED) is 0.858. The average Bonchev–Trinajstić information content (AvgIpc) is 3.22. The van der Waals surface area contributed by atoms with E-state index in [9.17, 15) is 0 Å². The fraction of sp³-hybridized carbons (Fsp3) is 0.692. The van der Waals surface area contributed by atoms with Gasteiger partial charge in [-0.25, -0.2) is 9.97 Å². The van der Waals surface area contributed by atoms with E-state index in [4.69, 9.17) is 4.74 Å². The van der Waals surface area contributed by atoms with Crippen molar-refractivity contribution >= 4 is 0 Å². The monoisotopic (exact) mass is 233 g/mol. The molecular weight excluding hydrogens is 214 g/mol. The van der Waals surface area contributed by atoms with Crippen molar-refractivity contribution in [3.8, 4) is 0 Å². The van der Waals surface area contributed by atoms with Crippen LogP contribution in [0.2, 0.25) is 0 Å². The third-order valence-electron chi connectivity index (χ3n) is 3.47. The summed E-state index contributed by atoms with van der Waals surface area (Å²) < 4.78 is 5.37. The number of nitrogens with zero attached hydrogens (tertiary/aromatic N) is 2. The summed E-state index contributed by atoms with van der Waals surface area (Å²) in [6.07, 6.45) is 6.64. The van der Waals surface area contributed by atoms with Crippen molar-refractivity contribution < 1.29 is 4.74 Å². The molecule has 2 heterocycles. The summed E-state index contributed by atoms with van der Waals surface area (Å²) in [7, 11) is 0. The van der Waals surface area contributed by atoms with Gasteiger partial charge in [-0.3, -0.25) is 0 Å². The lowest BCUT2D eigenvalue weighted by atomic mass is 9.99. The highest BCUT2D eigenvalue weighted by Crippen LogP contribution is 2.24. The number of hydrogen-bond donors (Lipinski definition) is 1. The Morgan fingerprint density at radius 2 is 2.06 bits per heavy atom. The summed E-state index contributed by atoms with van der Waals surface area (Å²) in [5.74, 6) is 1.49. The molecule has 3 rings (SSSR count). The normalized spacial score (nSPS) is 21.6. The molecule has 1 N–H and O–H groups in total. The van der Waals surface area contributed by atoms with E-state index in [1.807, 2.05) is 12.3 Å². The fourth-order valence-electron chi connectivity index (χ4n) is 2.20. The van der Waals surface area contributed by atoms with Crippen LogP contribution < -0.4 is 5.32 Å². The predicted octanol–water partition coefficient (Wildman–Crippen LogP) is 1.62. The number of rotatable bonds is 4. The second-order valence-electron chi connectivity index (χ2n) is 4.95. The van der Waals surface area contributed by atoms with Crippen LogP contribution in [0.3, 0.4) is 0 Å². The van der Waals surface area contributed by atoms with Gasteiger partial charge in [0, 0.05) is 37.9 Å². The molecule has 1 aromatic heterocycles. The minimum Gasteiger partial charge on any atom is -0.381 e. The Labute approximate surface area is 102 Å². The van der Waals surface area contributed by atoms with Crippen molar-refractivity contribution in [1.29, 1.82) is 0 Å². The Balaban J connectivity index is 1.64. The van der Waals surface area contributed by atoms with E-state index in [-0.39, 0.29) is 0 Å². The molecule has 0 atom stereocenters. The minimum atomic E-state index is 0.490. The lowest BCUT2D eigenvalue weighted by Gasteiger charge is -2.20. The first-order valence-corrected chi connectivity index (χ1v) is 6.55. The molecule has 1 saturated carbocycles. The van der Waals surface area contributed by atoms with Gasteiger partial charge in [-0.2, -0.15) is 0 Å². The second kappa shape index (κ2) is 5.10. The van der Waals surface area contributed by atoms with Crippen molar-refractivity contribution in [2.45, 2.75) is 44.2 Å². The zero-order valence-corrected chi connectivity index (χ0v) is 10.1. The highest BCUT2D eigenvalue weighted by molar-refractivity contribution is 5.06. The minimum absolute atomic E-state index is 0.490. The number of aromatic nitrogens is 2. The van der Waals surface area contributed by atoms with Gasteiger partial charge in [-0.05, 0) is 31.7 Å². The number of ether oxygens (including phenoxy) is 1. The summed E-state index contributed by atoms with van der Waals surface area (Å²) in [6, 6.07) is 2.74. The molecule has 4 heteroatoms. The van der Waals surface area contributed by atoms with Gasteiger partial charge in [0.25, 0.3) is 0 Å². The highest BCUT2D eigenvalue weighted by atomic mass is 16.5. The van der Waals surface area contributed by atoms with Crippen LogP contribution >= 0.6 is 0 Å². The smallest absolute Gasteiger partial charge is 0.131 e. The third kappa shape index (κ3) is 3.01. The van der Waals surface area contributed by atoms with Crippen LogP contribution in [0, 0.1) is 0 Å². The maximum atomic E-state index is 5.37. The van der Waals surface area contributed by atoms with E-state index in [1.54, 1.807) is 0 Å². The molecule has 1 aliphatic carbocycles.